The van der Waals surface area contributed by atoms with Crippen molar-refractivity contribution in [2.24, 2.45) is 11.1 Å². The van der Waals surface area contributed by atoms with E-state index in [0.717, 1.165) is 5.56 Å². The number of amides is 2. The van der Waals surface area contributed by atoms with Gasteiger partial charge < -0.3 is 16.0 Å². The highest BCUT2D eigenvalue weighted by atomic mass is 19.1. The van der Waals surface area contributed by atoms with Gasteiger partial charge in [-0.15, -0.1) is 0 Å². The topological polar surface area (TPSA) is 58.4 Å². The van der Waals surface area contributed by atoms with Crippen LogP contribution in [0.5, 0.6) is 0 Å². The summed E-state index contributed by atoms with van der Waals surface area (Å²) < 4.78 is 12.9. The summed E-state index contributed by atoms with van der Waals surface area (Å²) in [6.45, 7) is 5.80. The summed E-state index contributed by atoms with van der Waals surface area (Å²) >= 11 is 0. The number of nitrogens with zero attached hydrogens (tertiary/aromatic N) is 1. The molecule has 1 heterocycles. The summed E-state index contributed by atoms with van der Waals surface area (Å²) in [7, 11) is 0. The van der Waals surface area contributed by atoms with Crippen molar-refractivity contribution < 1.29 is 9.18 Å². The van der Waals surface area contributed by atoms with Crippen molar-refractivity contribution in [3.8, 4) is 0 Å². The molecule has 1 aliphatic rings. The molecule has 1 unspecified atom stereocenters. The normalized spacial score (nSPS) is 19.7. The largest absolute Gasteiger partial charge is 0.330 e. The number of benzene rings is 1. The van der Waals surface area contributed by atoms with Crippen LogP contribution in [-0.4, -0.2) is 30.6 Å². The number of halogens is 1. The molecule has 0 saturated carbocycles. The molecule has 5 heteroatoms. The van der Waals surface area contributed by atoms with Gasteiger partial charge in [0.15, 0.2) is 0 Å². The molecule has 0 spiro atoms. The summed E-state index contributed by atoms with van der Waals surface area (Å²) in [5.41, 5.74) is 6.51. The van der Waals surface area contributed by atoms with Crippen LogP contribution < -0.4 is 11.1 Å². The first-order valence-electron chi connectivity index (χ1n) is 6.42. The van der Waals surface area contributed by atoms with Gasteiger partial charge in [0, 0.05) is 13.1 Å². The quantitative estimate of drug-likeness (QED) is 0.873. The van der Waals surface area contributed by atoms with Crippen LogP contribution in [0.15, 0.2) is 24.3 Å². The van der Waals surface area contributed by atoms with E-state index in [1.807, 2.05) is 13.8 Å². The average molecular weight is 265 g/mol. The Hall–Kier alpha value is -1.62. The third-order valence-electron chi connectivity index (χ3n) is 3.43. The molecule has 0 aromatic heterocycles. The minimum absolute atomic E-state index is 0.0818. The molecular formula is C14H20FN3O. The molecule has 2 rings (SSSR count). The first-order chi connectivity index (χ1) is 8.91. The van der Waals surface area contributed by atoms with Crippen LogP contribution in [0.25, 0.3) is 0 Å². The smallest absolute Gasteiger partial charge is 0.318 e. The molecule has 19 heavy (non-hydrogen) atoms. The summed E-state index contributed by atoms with van der Waals surface area (Å²) in [6, 6.07) is 6.06. The minimum Gasteiger partial charge on any atom is -0.330 e. The van der Waals surface area contributed by atoms with E-state index in [9.17, 15) is 9.18 Å². The second-order valence-corrected chi connectivity index (χ2v) is 5.80. The van der Waals surface area contributed by atoms with Gasteiger partial charge in [-0.1, -0.05) is 26.0 Å². The van der Waals surface area contributed by atoms with Crippen molar-refractivity contribution in [2.75, 3.05) is 19.6 Å². The first-order valence-corrected chi connectivity index (χ1v) is 6.42. The van der Waals surface area contributed by atoms with E-state index in [-0.39, 0.29) is 23.3 Å². The lowest BCUT2D eigenvalue weighted by atomic mass is 9.93. The van der Waals surface area contributed by atoms with Gasteiger partial charge in [0.1, 0.15) is 5.82 Å². The number of hydrogen-bond acceptors (Lipinski definition) is 2. The second-order valence-electron chi connectivity index (χ2n) is 5.80. The van der Waals surface area contributed by atoms with Gasteiger partial charge in [-0.25, -0.2) is 9.18 Å². The maximum Gasteiger partial charge on any atom is 0.318 e. The van der Waals surface area contributed by atoms with Crippen LogP contribution in [0.1, 0.15) is 25.5 Å². The minimum atomic E-state index is -0.269. The highest BCUT2D eigenvalue weighted by Crippen LogP contribution is 2.24. The Bertz CT molecular complexity index is 458. The first kappa shape index (κ1) is 13.8. The number of carbonyl (C=O) groups excluding carboxylic acids is 1. The van der Waals surface area contributed by atoms with Crippen molar-refractivity contribution in [1.82, 2.24) is 10.2 Å². The van der Waals surface area contributed by atoms with Crippen molar-refractivity contribution in [3.63, 3.8) is 0 Å². The molecule has 0 aliphatic carbocycles. The lowest BCUT2D eigenvalue weighted by molar-refractivity contribution is 0.191. The Morgan fingerprint density at radius 3 is 2.63 bits per heavy atom. The molecule has 0 radical (unpaired) electrons. The van der Waals surface area contributed by atoms with Crippen molar-refractivity contribution >= 4 is 6.03 Å². The van der Waals surface area contributed by atoms with E-state index in [1.165, 1.54) is 12.1 Å². The molecule has 1 aromatic rings. The predicted octanol–water partition coefficient (Wildman–Crippen LogP) is 1.88. The van der Waals surface area contributed by atoms with E-state index in [0.29, 0.717) is 19.6 Å². The number of nitrogens with one attached hydrogen (secondary N) is 1. The molecule has 3 N–H and O–H groups in total. The highest BCUT2D eigenvalue weighted by Gasteiger charge is 2.33. The number of carbonyl (C=O) groups is 1. The molecule has 104 valence electrons. The fraction of sp³-hybridized carbons (Fsp3) is 0.500. The maximum atomic E-state index is 12.9. The van der Waals surface area contributed by atoms with Crippen LogP contribution in [0.4, 0.5) is 9.18 Å². The molecule has 1 aliphatic heterocycles. The summed E-state index contributed by atoms with van der Waals surface area (Å²) in [6.07, 6.45) is 0. The molecule has 1 saturated heterocycles. The zero-order chi connectivity index (χ0) is 14.0. The molecule has 0 bridgehead atoms. The lowest BCUT2D eigenvalue weighted by Crippen LogP contribution is -2.40. The van der Waals surface area contributed by atoms with Crippen LogP contribution in [0.2, 0.25) is 0 Å². The number of nitrogens with two attached hydrogens (primary N) is 1. The summed E-state index contributed by atoms with van der Waals surface area (Å²) in [5.74, 6) is -0.269. The third-order valence-corrected chi connectivity index (χ3v) is 3.43. The molecule has 4 nitrogen and oxygen atoms in total. The number of urea groups is 1. The summed E-state index contributed by atoms with van der Waals surface area (Å²) in [4.78, 5) is 13.7. The SMILES string of the molecule is CC(C)(CN)CN1CC(c2ccc(F)cc2)NC1=O. The van der Waals surface area contributed by atoms with E-state index in [2.05, 4.69) is 5.32 Å². The molecule has 1 atom stereocenters. The summed E-state index contributed by atoms with van der Waals surface area (Å²) in [5, 5.41) is 2.91. The van der Waals surface area contributed by atoms with Crippen molar-refractivity contribution in [1.29, 1.82) is 0 Å². The van der Waals surface area contributed by atoms with Crippen LogP contribution in [-0.2, 0) is 0 Å². The molecule has 1 aromatic carbocycles. The standard InChI is InChI=1S/C14H20FN3O/c1-14(2,8-16)9-18-7-12(17-13(18)19)10-3-5-11(15)6-4-10/h3-6,12H,7-9,16H2,1-2H3,(H,17,19). The van der Waals surface area contributed by atoms with Crippen molar-refractivity contribution in [3.05, 3.63) is 35.6 Å². The van der Waals surface area contributed by atoms with Gasteiger partial charge in [-0.05, 0) is 29.7 Å². The molecular weight excluding hydrogens is 245 g/mol. The Morgan fingerprint density at radius 1 is 1.42 bits per heavy atom. The Labute approximate surface area is 112 Å². The lowest BCUT2D eigenvalue weighted by Gasteiger charge is -2.28. The molecule has 1 fully saturated rings. The number of rotatable bonds is 4. The zero-order valence-electron chi connectivity index (χ0n) is 11.3. The van der Waals surface area contributed by atoms with Crippen molar-refractivity contribution in [2.45, 2.75) is 19.9 Å². The van der Waals surface area contributed by atoms with Gasteiger partial charge >= 0.3 is 6.03 Å². The van der Waals surface area contributed by atoms with Gasteiger partial charge in [-0.3, -0.25) is 0 Å². The van der Waals surface area contributed by atoms with Gasteiger partial charge in [0.05, 0.1) is 6.04 Å². The van der Waals surface area contributed by atoms with Gasteiger partial charge in [-0.2, -0.15) is 0 Å². The number of hydrogen-bond donors (Lipinski definition) is 2. The van der Waals surface area contributed by atoms with Crippen LogP contribution >= 0.6 is 0 Å². The second kappa shape index (κ2) is 5.17. The maximum absolute atomic E-state index is 12.9. The van der Waals surface area contributed by atoms with E-state index in [1.54, 1.807) is 17.0 Å². The van der Waals surface area contributed by atoms with Crippen LogP contribution in [0, 0.1) is 11.2 Å². The monoisotopic (exact) mass is 265 g/mol. The average Bonchev–Trinajstić information content (AvgIpc) is 2.71. The Morgan fingerprint density at radius 2 is 2.05 bits per heavy atom. The van der Waals surface area contributed by atoms with E-state index in [4.69, 9.17) is 5.73 Å². The molecule has 2 amide bonds. The van der Waals surface area contributed by atoms with Crippen LogP contribution in [0.3, 0.4) is 0 Å². The van der Waals surface area contributed by atoms with Gasteiger partial charge in [0.25, 0.3) is 0 Å². The van der Waals surface area contributed by atoms with E-state index >= 15 is 0 Å². The zero-order valence-corrected chi connectivity index (χ0v) is 11.3. The fourth-order valence-corrected chi connectivity index (χ4v) is 2.19. The fourth-order valence-electron chi connectivity index (χ4n) is 2.19. The Kier molecular flexibility index (Phi) is 3.75. The van der Waals surface area contributed by atoms with Gasteiger partial charge in [0.2, 0.25) is 0 Å². The predicted molar refractivity (Wildman–Crippen MR) is 72.1 cm³/mol. The highest BCUT2D eigenvalue weighted by molar-refractivity contribution is 5.77. The third kappa shape index (κ3) is 3.23. The Balaban J connectivity index is 2.05. The van der Waals surface area contributed by atoms with E-state index < -0.39 is 0 Å².